The molecule has 1 rings (SSSR count). The lowest BCUT2D eigenvalue weighted by Crippen LogP contribution is -2.11. The molecule has 0 aromatic carbocycles. The Morgan fingerprint density at radius 1 is 1.33 bits per heavy atom. The van der Waals surface area contributed by atoms with Crippen LogP contribution in [0.2, 0.25) is 0 Å². The Bertz CT molecular complexity index is 392. The zero-order valence-electron chi connectivity index (χ0n) is 9.96. The van der Waals surface area contributed by atoms with Crippen LogP contribution in [0.25, 0.3) is 0 Å². The molecule has 3 nitrogen and oxygen atoms in total. The number of aromatic nitrogens is 1. The van der Waals surface area contributed by atoms with Crippen LogP contribution in [0, 0.1) is 25.2 Å². The minimum absolute atomic E-state index is 0.408. The van der Waals surface area contributed by atoms with Crippen molar-refractivity contribution in [3.8, 4) is 6.07 Å². The van der Waals surface area contributed by atoms with Gasteiger partial charge in [-0.05, 0) is 32.3 Å². The van der Waals surface area contributed by atoms with Crippen LogP contribution in [0.3, 0.4) is 0 Å². The number of hydrogen-bond donors (Lipinski definition) is 1. The number of nitrogens with two attached hydrogens (primary N) is 1. The molecule has 3 heteroatoms. The molecule has 0 saturated carbocycles. The molecular weight excluding hydrogens is 186 g/mol. The Labute approximate surface area is 91.5 Å². The van der Waals surface area contributed by atoms with Gasteiger partial charge in [0.15, 0.2) is 0 Å². The topological polar surface area (TPSA) is 54.7 Å². The van der Waals surface area contributed by atoms with Gasteiger partial charge >= 0.3 is 0 Å². The molecule has 1 aromatic rings. The Morgan fingerprint density at radius 3 is 2.20 bits per heavy atom. The molecule has 0 amide bonds. The van der Waals surface area contributed by atoms with Crippen LogP contribution in [0.5, 0.6) is 0 Å². The summed E-state index contributed by atoms with van der Waals surface area (Å²) in [4.78, 5) is 0. The normalized spacial score (nSPS) is 10.7. The molecule has 0 bridgehead atoms. The first kappa shape index (κ1) is 11.6. The van der Waals surface area contributed by atoms with Crippen molar-refractivity contribution in [2.24, 2.45) is 0 Å². The highest BCUT2D eigenvalue weighted by molar-refractivity contribution is 5.58. The third-order valence-electron chi connectivity index (χ3n) is 3.21. The van der Waals surface area contributed by atoms with Crippen LogP contribution in [-0.2, 0) is 0 Å². The Kier molecular flexibility index (Phi) is 3.41. The van der Waals surface area contributed by atoms with Crippen molar-refractivity contribution in [1.29, 1.82) is 5.26 Å². The van der Waals surface area contributed by atoms with Crippen molar-refractivity contribution >= 4 is 5.82 Å². The number of nitriles is 1. The van der Waals surface area contributed by atoms with Crippen LogP contribution in [0.4, 0.5) is 5.82 Å². The Hall–Kier alpha value is -1.43. The van der Waals surface area contributed by atoms with Crippen molar-refractivity contribution in [1.82, 2.24) is 4.57 Å². The van der Waals surface area contributed by atoms with Gasteiger partial charge in [0.05, 0.1) is 5.56 Å². The first-order chi connectivity index (χ1) is 7.08. The summed E-state index contributed by atoms with van der Waals surface area (Å²) in [5.74, 6) is 0.626. The monoisotopic (exact) mass is 205 g/mol. The standard InChI is InChI=1S/C12H19N3/c1-5-10(6-2)15-9(4)8(3)11(7-13)12(15)14/h10H,5-6,14H2,1-4H3. The van der Waals surface area contributed by atoms with E-state index in [0.717, 1.165) is 24.1 Å². The molecule has 0 saturated heterocycles. The molecule has 0 aliphatic heterocycles. The second kappa shape index (κ2) is 4.39. The average molecular weight is 205 g/mol. The molecule has 0 atom stereocenters. The Balaban J connectivity index is 3.37. The van der Waals surface area contributed by atoms with Gasteiger partial charge in [0.1, 0.15) is 11.9 Å². The van der Waals surface area contributed by atoms with Crippen LogP contribution in [0.1, 0.15) is 49.6 Å². The summed E-state index contributed by atoms with van der Waals surface area (Å²) < 4.78 is 2.11. The van der Waals surface area contributed by atoms with E-state index in [1.54, 1.807) is 0 Å². The first-order valence-corrected chi connectivity index (χ1v) is 5.45. The van der Waals surface area contributed by atoms with Crippen molar-refractivity contribution in [3.63, 3.8) is 0 Å². The molecule has 0 aliphatic carbocycles. The maximum Gasteiger partial charge on any atom is 0.122 e. The second-order valence-electron chi connectivity index (χ2n) is 3.92. The predicted octanol–water partition coefficient (Wildman–Crippen LogP) is 2.92. The molecule has 1 heterocycles. The molecule has 1 aromatic heterocycles. The highest BCUT2D eigenvalue weighted by atomic mass is 15.1. The Morgan fingerprint density at radius 2 is 1.87 bits per heavy atom. The average Bonchev–Trinajstić information content (AvgIpc) is 2.44. The van der Waals surface area contributed by atoms with Crippen molar-refractivity contribution in [2.45, 2.75) is 46.6 Å². The summed E-state index contributed by atoms with van der Waals surface area (Å²) in [5, 5.41) is 9.02. The van der Waals surface area contributed by atoms with Gasteiger partial charge in [-0.1, -0.05) is 13.8 Å². The fraction of sp³-hybridized carbons (Fsp3) is 0.583. The largest absolute Gasteiger partial charge is 0.384 e. The van der Waals surface area contributed by atoms with E-state index in [4.69, 9.17) is 11.0 Å². The summed E-state index contributed by atoms with van der Waals surface area (Å²) in [6, 6.07) is 2.59. The third-order valence-corrected chi connectivity index (χ3v) is 3.21. The molecule has 0 spiro atoms. The van der Waals surface area contributed by atoms with Crippen LogP contribution in [0.15, 0.2) is 0 Å². The predicted molar refractivity (Wildman–Crippen MR) is 62.7 cm³/mol. The smallest absolute Gasteiger partial charge is 0.122 e. The van der Waals surface area contributed by atoms with E-state index in [9.17, 15) is 0 Å². The van der Waals surface area contributed by atoms with E-state index < -0.39 is 0 Å². The highest BCUT2D eigenvalue weighted by Gasteiger charge is 2.19. The van der Waals surface area contributed by atoms with E-state index in [1.165, 1.54) is 0 Å². The molecule has 0 aliphatic rings. The van der Waals surface area contributed by atoms with Gasteiger partial charge in [-0.15, -0.1) is 0 Å². The highest BCUT2D eigenvalue weighted by Crippen LogP contribution is 2.30. The summed E-state index contributed by atoms with van der Waals surface area (Å²) in [6.45, 7) is 8.29. The van der Waals surface area contributed by atoms with Crippen LogP contribution in [-0.4, -0.2) is 4.57 Å². The SMILES string of the molecule is CCC(CC)n1c(C)c(C)c(C#N)c1N. The molecule has 0 fully saturated rings. The molecule has 82 valence electrons. The molecule has 0 unspecified atom stereocenters. The van der Waals surface area contributed by atoms with E-state index >= 15 is 0 Å². The molecule has 0 radical (unpaired) electrons. The number of anilines is 1. The zero-order valence-corrected chi connectivity index (χ0v) is 9.96. The maximum absolute atomic E-state index is 9.02. The summed E-state index contributed by atoms with van der Waals surface area (Å²) in [7, 11) is 0. The fourth-order valence-electron chi connectivity index (χ4n) is 2.12. The number of nitrogens with zero attached hydrogens (tertiary/aromatic N) is 2. The van der Waals surface area contributed by atoms with Crippen LogP contribution < -0.4 is 5.73 Å². The molecule has 15 heavy (non-hydrogen) atoms. The number of rotatable bonds is 3. The maximum atomic E-state index is 9.02. The number of nitrogen functional groups attached to an aromatic ring is 1. The minimum Gasteiger partial charge on any atom is -0.384 e. The van der Waals surface area contributed by atoms with Gasteiger partial charge in [0, 0.05) is 11.7 Å². The van der Waals surface area contributed by atoms with Gasteiger partial charge < -0.3 is 10.3 Å². The van der Waals surface area contributed by atoms with E-state index in [0.29, 0.717) is 17.4 Å². The first-order valence-electron chi connectivity index (χ1n) is 5.45. The lowest BCUT2D eigenvalue weighted by Gasteiger charge is -2.19. The number of hydrogen-bond acceptors (Lipinski definition) is 2. The van der Waals surface area contributed by atoms with E-state index in [-0.39, 0.29) is 0 Å². The van der Waals surface area contributed by atoms with Gasteiger partial charge in [-0.3, -0.25) is 0 Å². The zero-order chi connectivity index (χ0) is 11.6. The summed E-state index contributed by atoms with van der Waals surface area (Å²) in [5.41, 5.74) is 8.78. The molecule has 2 N–H and O–H groups in total. The fourth-order valence-corrected chi connectivity index (χ4v) is 2.12. The van der Waals surface area contributed by atoms with Crippen molar-refractivity contribution in [2.75, 3.05) is 5.73 Å². The lowest BCUT2D eigenvalue weighted by molar-refractivity contribution is 0.470. The lowest BCUT2D eigenvalue weighted by atomic mass is 10.1. The third kappa shape index (κ3) is 1.72. The van der Waals surface area contributed by atoms with Gasteiger partial charge in [0.25, 0.3) is 0 Å². The van der Waals surface area contributed by atoms with Crippen molar-refractivity contribution in [3.05, 3.63) is 16.8 Å². The van der Waals surface area contributed by atoms with E-state index in [2.05, 4.69) is 24.5 Å². The van der Waals surface area contributed by atoms with Gasteiger partial charge in [-0.25, -0.2) is 0 Å². The summed E-state index contributed by atoms with van der Waals surface area (Å²) in [6.07, 6.45) is 2.08. The summed E-state index contributed by atoms with van der Waals surface area (Å²) >= 11 is 0. The second-order valence-corrected chi connectivity index (χ2v) is 3.92. The van der Waals surface area contributed by atoms with E-state index in [1.807, 2.05) is 13.8 Å². The van der Waals surface area contributed by atoms with Gasteiger partial charge in [0.2, 0.25) is 0 Å². The minimum atomic E-state index is 0.408. The van der Waals surface area contributed by atoms with Crippen LogP contribution >= 0.6 is 0 Å². The van der Waals surface area contributed by atoms with Crippen molar-refractivity contribution < 1.29 is 0 Å². The molecular formula is C12H19N3. The quantitative estimate of drug-likeness (QED) is 0.824. The van der Waals surface area contributed by atoms with Gasteiger partial charge in [-0.2, -0.15) is 5.26 Å².